The van der Waals surface area contributed by atoms with Gasteiger partial charge < -0.3 is 4.74 Å². The molecule has 14 heteroatoms. The number of nitriles is 1. The summed E-state index contributed by atoms with van der Waals surface area (Å²) >= 11 is 0.829. The molecule has 4 aromatic rings. The summed E-state index contributed by atoms with van der Waals surface area (Å²) in [5.41, 5.74) is -0.987. The smallest absolute Gasteiger partial charge is 0.416 e. The molecular formula is C20H11F3N6O3S2. The van der Waals surface area contributed by atoms with E-state index < -0.39 is 21.8 Å². The molecule has 4 rings (SSSR count). The Labute approximate surface area is 194 Å². The molecule has 34 heavy (non-hydrogen) atoms. The van der Waals surface area contributed by atoms with Gasteiger partial charge in [-0.05, 0) is 48.5 Å². The molecular weight excluding hydrogens is 493 g/mol. The van der Waals surface area contributed by atoms with Gasteiger partial charge in [0.15, 0.2) is 0 Å². The van der Waals surface area contributed by atoms with E-state index in [-0.39, 0.29) is 38.3 Å². The molecule has 2 aromatic heterocycles. The summed E-state index contributed by atoms with van der Waals surface area (Å²) in [5.74, 6) is -0.102. The normalized spacial score (nSPS) is 11.6. The molecule has 2 heterocycles. The monoisotopic (exact) mass is 504 g/mol. The van der Waals surface area contributed by atoms with Crippen LogP contribution in [0.15, 0.2) is 66.0 Å². The zero-order chi connectivity index (χ0) is 24.3. The number of halogens is 3. The van der Waals surface area contributed by atoms with E-state index in [0.29, 0.717) is 0 Å². The highest BCUT2D eigenvalue weighted by atomic mass is 32.2. The van der Waals surface area contributed by atoms with E-state index >= 15 is 0 Å². The summed E-state index contributed by atoms with van der Waals surface area (Å²) < 4.78 is 76.6. The van der Waals surface area contributed by atoms with Crippen LogP contribution in [0.1, 0.15) is 11.1 Å². The van der Waals surface area contributed by atoms with Crippen molar-refractivity contribution in [3.8, 4) is 28.8 Å². The summed E-state index contributed by atoms with van der Waals surface area (Å²) in [7, 11) is -4.07. The van der Waals surface area contributed by atoms with Gasteiger partial charge >= 0.3 is 6.18 Å². The quantitative estimate of drug-likeness (QED) is 0.407. The first-order chi connectivity index (χ1) is 16.2. The van der Waals surface area contributed by atoms with Gasteiger partial charge in [0, 0.05) is 23.3 Å². The highest BCUT2D eigenvalue weighted by Crippen LogP contribution is 2.39. The molecule has 9 nitrogen and oxygen atoms in total. The number of anilines is 1. The average molecular weight is 504 g/mol. The number of alkyl halides is 3. The Balaban J connectivity index is 1.72. The lowest BCUT2D eigenvalue weighted by molar-refractivity contribution is -0.137. The standard InChI is InChI=1S/C20H11F3N6O3S2/c21-20(22,23)13-3-5-18(15(9-13)16-2-1-7-26-28-16)32-17-6-4-14(8-12(17)10-24)34(30,31)29-19-25-11-27-33-19/h1-9,11H,(H,25,27,29). The largest absolute Gasteiger partial charge is 0.455 e. The van der Waals surface area contributed by atoms with Crippen LogP contribution in [-0.2, 0) is 16.2 Å². The van der Waals surface area contributed by atoms with Gasteiger partial charge in [0.25, 0.3) is 10.0 Å². The third-order valence-corrected chi connectivity index (χ3v) is 6.39. The number of hydrogen-bond acceptors (Lipinski definition) is 9. The van der Waals surface area contributed by atoms with Crippen LogP contribution in [0.3, 0.4) is 0 Å². The van der Waals surface area contributed by atoms with E-state index in [4.69, 9.17) is 4.74 Å². The van der Waals surface area contributed by atoms with Gasteiger partial charge in [-0.2, -0.15) is 33.0 Å². The van der Waals surface area contributed by atoms with Crippen molar-refractivity contribution in [3.05, 3.63) is 72.2 Å². The highest BCUT2D eigenvalue weighted by Gasteiger charge is 2.31. The van der Waals surface area contributed by atoms with Gasteiger partial charge in [-0.3, -0.25) is 4.72 Å². The Bertz CT molecular complexity index is 1470. The van der Waals surface area contributed by atoms with Crippen LogP contribution in [0.25, 0.3) is 11.3 Å². The van der Waals surface area contributed by atoms with Crippen LogP contribution in [0, 0.1) is 11.3 Å². The average Bonchev–Trinajstić information content (AvgIpc) is 3.31. The van der Waals surface area contributed by atoms with Crippen molar-refractivity contribution < 1.29 is 26.3 Å². The molecule has 172 valence electrons. The molecule has 1 N–H and O–H groups in total. The molecule has 2 aromatic carbocycles. The van der Waals surface area contributed by atoms with Crippen molar-refractivity contribution in [2.24, 2.45) is 0 Å². The van der Waals surface area contributed by atoms with Crippen molar-refractivity contribution in [2.45, 2.75) is 11.1 Å². The third-order valence-electron chi connectivity index (χ3n) is 4.34. The van der Waals surface area contributed by atoms with Gasteiger partial charge in [0.2, 0.25) is 5.13 Å². The SMILES string of the molecule is N#Cc1cc(S(=O)(=O)Nc2ncns2)ccc1Oc1ccc(C(F)(F)F)cc1-c1cccnn1. The molecule has 0 bridgehead atoms. The Hall–Kier alpha value is -4.09. The molecule has 0 saturated heterocycles. The van der Waals surface area contributed by atoms with Gasteiger partial charge in [-0.15, -0.1) is 0 Å². The Morgan fingerprint density at radius 1 is 1.09 bits per heavy atom. The predicted octanol–water partition coefficient (Wildman–Crippen LogP) is 4.48. The van der Waals surface area contributed by atoms with Crippen molar-refractivity contribution in [2.75, 3.05) is 4.72 Å². The number of ether oxygens (including phenoxy) is 1. The highest BCUT2D eigenvalue weighted by molar-refractivity contribution is 7.93. The van der Waals surface area contributed by atoms with E-state index in [1.54, 1.807) is 0 Å². The van der Waals surface area contributed by atoms with Crippen molar-refractivity contribution in [1.29, 1.82) is 5.26 Å². The molecule has 0 saturated carbocycles. The van der Waals surface area contributed by atoms with Gasteiger partial charge in [-0.25, -0.2) is 13.4 Å². The van der Waals surface area contributed by atoms with Crippen LogP contribution >= 0.6 is 11.5 Å². The fourth-order valence-corrected chi connectivity index (χ4v) is 4.49. The number of hydrogen-bond donors (Lipinski definition) is 1. The van der Waals surface area contributed by atoms with Crippen molar-refractivity contribution >= 4 is 26.7 Å². The first-order valence-corrected chi connectivity index (χ1v) is 11.4. The van der Waals surface area contributed by atoms with Gasteiger partial charge in [0.05, 0.1) is 21.7 Å². The Morgan fingerprint density at radius 3 is 2.53 bits per heavy atom. The summed E-state index contributed by atoms with van der Waals surface area (Å²) in [4.78, 5) is 3.50. The van der Waals surface area contributed by atoms with Crippen LogP contribution in [-0.4, -0.2) is 28.0 Å². The van der Waals surface area contributed by atoms with Gasteiger partial charge in [-0.1, -0.05) is 0 Å². The molecule has 0 fully saturated rings. The summed E-state index contributed by atoms with van der Waals surface area (Å²) in [5, 5.41) is 17.1. The lowest BCUT2D eigenvalue weighted by atomic mass is 10.1. The van der Waals surface area contributed by atoms with Crippen LogP contribution in [0.2, 0.25) is 0 Å². The molecule has 0 aliphatic heterocycles. The molecule has 0 amide bonds. The van der Waals surface area contributed by atoms with Crippen LogP contribution in [0.4, 0.5) is 18.3 Å². The van der Waals surface area contributed by atoms with Gasteiger partial charge in [0.1, 0.15) is 23.9 Å². The fraction of sp³-hybridized carbons (Fsp3) is 0.0500. The second kappa shape index (κ2) is 9.04. The Morgan fingerprint density at radius 2 is 1.88 bits per heavy atom. The summed E-state index contributed by atoms with van der Waals surface area (Å²) in [6.45, 7) is 0. The van der Waals surface area contributed by atoms with E-state index in [2.05, 4.69) is 24.3 Å². The maximum Gasteiger partial charge on any atom is 0.416 e. The van der Waals surface area contributed by atoms with E-state index in [9.17, 15) is 26.9 Å². The van der Waals surface area contributed by atoms with E-state index in [1.807, 2.05) is 6.07 Å². The second-order valence-corrected chi connectivity index (χ2v) is 9.00. The first kappa shape index (κ1) is 23.1. The van der Waals surface area contributed by atoms with Crippen molar-refractivity contribution in [1.82, 2.24) is 19.6 Å². The fourth-order valence-electron chi connectivity index (χ4n) is 2.80. The van der Waals surface area contributed by atoms with Crippen LogP contribution in [0.5, 0.6) is 11.5 Å². The molecule has 0 radical (unpaired) electrons. The van der Waals surface area contributed by atoms with Crippen molar-refractivity contribution in [3.63, 3.8) is 0 Å². The molecule has 0 aliphatic carbocycles. The minimum absolute atomic E-state index is 0.0125. The number of sulfonamides is 1. The second-order valence-electron chi connectivity index (χ2n) is 6.54. The van der Waals surface area contributed by atoms with Crippen LogP contribution < -0.4 is 9.46 Å². The summed E-state index contributed by atoms with van der Waals surface area (Å²) in [6, 6.07) is 11.0. The number of nitrogens with zero attached hydrogens (tertiary/aromatic N) is 5. The molecule has 0 unspecified atom stereocenters. The minimum atomic E-state index is -4.61. The lowest BCUT2D eigenvalue weighted by Crippen LogP contribution is -2.13. The topological polar surface area (TPSA) is 131 Å². The number of nitrogens with one attached hydrogen (secondary N) is 1. The predicted molar refractivity (Wildman–Crippen MR) is 114 cm³/mol. The zero-order valence-corrected chi connectivity index (χ0v) is 18.3. The third kappa shape index (κ3) is 4.95. The number of aromatic nitrogens is 4. The Kier molecular flexibility index (Phi) is 6.14. The number of rotatable bonds is 6. The maximum atomic E-state index is 13.3. The van der Waals surface area contributed by atoms with E-state index in [0.717, 1.165) is 35.8 Å². The molecule has 0 atom stereocenters. The molecule has 0 aliphatic rings. The maximum absolute atomic E-state index is 13.3. The zero-order valence-electron chi connectivity index (χ0n) is 16.7. The number of benzene rings is 2. The summed E-state index contributed by atoms with van der Waals surface area (Å²) in [6.07, 6.45) is -2.07. The molecule has 0 spiro atoms. The van der Waals surface area contributed by atoms with E-state index in [1.165, 1.54) is 36.8 Å². The minimum Gasteiger partial charge on any atom is -0.455 e. The lowest BCUT2D eigenvalue weighted by Gasteiger charge is -2.15. The first-order valence-electron chi connectivity index (χ1n) is 9.18.